The number of aromatic nitrogens is 6. The van der Waals surface area contributed by atoms with Crippen molar-refractivity contribution in [2.24, 2.45) is 0 Å². The van der Waals surface area contributed by atoms with Crippen molar-refractivity contribution in [3.8, 4) is 0 Å². The van der Waals surface area contributed by atoms with Crippen LogP contribution in [0.1, 0.15) is 163 Å². The molecule has 0 spiro atoms. The first-order valence-electron chi connectivity index (χ1n) is 15.9. The molecule has 0 aliphatic rings. The van der Waals surface area contributed by atoms with Gasteiger partial charge in [0.2, 0.25) is 0 Å². The van der Waals surface area contributed by atoms with Gasteiger partial charge in [-0.05, 0) is 95.1 Å². The second-order valence-corrected chi connectivity index (χ2v) is 13.5. The van der Waals surface area contributed by atoms with Crippen molar-refractivity contribution in [3.05, 3.63) is 82.2 Å². The molecule has 9 nitrogen and oxygen atoms in total. The van der Waals surface area contributed by atoms with E-state index >= 15 is 0 Å². The van der Waals surface area contributed by atoms with Crippen LogP contribution in [0.5, 0.6) is 0 Å². The average Bonchev–Trinajstić information content (AvgIpc) is 3.67. The van der Waals surface area contributed by atoms with E-state index in [1.807, 2.05) is 0 Å². The van der Waals surface area contributed by atoms with Crippen LogP contribution in [-0.2, 0) is 17.1 Å². The maximum atomic E-state index is 10.3. The van der Waals surface area contributed by atoms with Crippen molar-refractivity contribution in [2.75, 3.05) is 5.73 Å². The van der Waals surface area contributed by atoms with E-state index in [1.165, 1.54) is 29.2 Å². The number of hydrogen-bond acceptors (Lipinski definition) is 5. The summed E-state index contributed by atoms with van der Waals surface area (Å²) in [4.78, 5) is 10.3. The molecule has 0 amide bonds. The van der Waals surface area contributed by atoms with E-state index in [0.717, 1.165) is 17.1 Å². The molecule has 3 aromatic heterocycles. The number of aromatic carboxylic acids is 1. The molecule has 3 heterocycles. The van der Waals surface area contributed by atoms with Gasteiger partial charge in [0.05, 0.1) is 22.6 Å². The zero-order chi connectivity index (χ0) is 33.0. The summed E-state index contributed by atoms with van der Waals surface area (Å²) in [6.07, 6.45) is 0. The van der Waals surface area contributed by atoms with Crippen LogP contribution < -0.4 is 5.73 Å². The minimum atomic E-state index is -0.931. The van der Waals surface area contributed by atoms with Crippen LogP contribution in [0.2, 0.25) is 0 Å². The summed E-state index contributed by atoms with van der Waals surface area (Å²) in [6.45, 7) is 26.7. The van der Waals surface area contributed by atoms with E-state index < -0.39 is 5.97 Å². The fourth-order valence-electron chi connectivity index (χ4n) is 4.92. The molecule has 3 N–H and O–H groups in total. The molecular weight excluding hydrogens is 605 g/mol. The third-order valence-electron chi connectivity index (χ3n) is 7.71. The standard InChI is InChI=1S/C27H45BN6.C7H7NO2.Fe/c1-16(2)22-13-25(19(7)8)32(29-22)28(33-26(20(9)10)14-23(30-33)17(3)4)34-27(21(11)12)15-24(31-34)18(5)6;8-6-3-1-5(2-4-6)7(9)10;/h13-21H,1-12H3;1-4H,8H2,(H,9,10);/q-1;;. The third kappa shape index (κ3) is 8.91. The maximum Gasteiger partial charge on any atom is 0.335 e. The Morgan fingerprint density at radius 1 is 0.600 bits per heavy atom. The van der Waals surface area contributed by atoms with Crippen LogP contribution >= 0.6 is 0 Å². The minimum Gasteiger partial charge on any atom is -0.478 e. The number of carboxylic acids is 1. The third-order valence-corrected chi connectivity index (χ3v) is 7.71. The van der Waals surface area contributed by atoms with Crippen molar-refractivity contribution in [2.45, 2.75) is 119 Å². The first-order chi connectivity index (χ1) is 20.5. The summed E-state index contributed by atoms with van der Waals surface area (Å²) in [5.41, 5.74) is 13.1. The summed E-state index contributed by atoms with van der Waals surface area (Å²) >= 11 is 0. The van der Waals surface area contributed by atoms with Crippen LogP contribution in [0.4, 0.5) is 5.69 Å². The topological polar surface area (TPSA) is 117 Å². The maximum absolute atomic E-state index is 10.3. The quantitative estimate of drug-likeness (QED) is 0.132. The van der Waals surface area contributed by atoms with Crippen LogP contribution in [0.15, 0.2) is 42.5 Å². The predicted octanol–water partition coefficient (Wildman–Crippen LogP) is 7.91. The minimum absolute atomic E-state index is 0. The molecule has 0 atom stereocenters. The number of nitrogen functional groups attached to an aromatic ring is 1. The molecule has 0 saturated carbocycles. The zero-order valence-corrected chi connectivity index (χ0v) is 30.2. The van der Waals surface area contributed by atoms with Gasteiger partial charge in [-0.3, -0.25) is 0 Å². The number of carbonyl (C=O) groups is 1. The molecule has 45 heavy (non-hydrogen) atoms. The second-order valence-electron chi connectivity index (χ2n) is 13.5. The van der Waals surface area contributed by atoms with Gasteiger partial charge in [0.15, 0.2) is 0 Å². The Hall–Kier alpha value is -3.30. The van der Waals surface area contributed by atoms with E-state index in [4.69, 9.17) is 26.1 Å². The van der Waals surface area contributed by atoms with Crippen LogP contribution in [0.3, 0.4) is 0 Å². The average molecular weight is 657 g/mol. The van der Waals surface area contributed by atoms with Crippen molar-refractivity contribution in [1.29, 1.82) is 0 Å². The molecule has 11 heteroatoms. The van der Waals surface area contributed by atoms with Gasteiger partial charge < -0.3 is 24.6 Å². The van der Waals surface area contributed by atoms with E-state index in [9.17, 15) is 4.79 Å². The van der Waals surface area contributed by atoms with Gasteiger partial charge in [-0.25, -0.2) is 20.1 Å². The van der Waals surface area contributed by atoms with Crippen molar-refractivity contribution in [1.82, 2.24) is 29.1 Å². The van der Waals surface area contributed by atoms with E-state index in [1.54, 1.807) is 12.1 Å². The summed E-state index contributed by atoms with van der Waals surface area (Å²) in [6, 6.07) is 12.9. The van der Waals surface area contributed by atoms with Crippen LogP contribution in [-0.4, -0.2) is 47.3 Å². The first kappa shape index (κ1) is 37.9. The molecule has 4 aromatic rings. The van der Waals surface area contributed by atoms with Crippen molar-refractivity contribution in [3.63, 3.8) is 0 Å². The normalized spacial score (nSPS) is 11.7. The van der Waals surface area contributed by atoms with Gasteiger partial charge in [0.1, 0.15) is 0 Å². The number of carboxylic acid groups (broad SMARTS) is 1. The van der Waals surface area contributed by atoms with Crippen molar-refractivity contribution >= 4 is 18.8 Å². The Labute approximate surface area is 280 Å². The largest absolute Gasteiger partial charge is 0.478 e. The Morgan fingerprint density at radius 3 is 1.11 bits per heavy atom. The summed E-state index contributed by atoms with van der Waals surface area (Å²) in [5, 5.41) is 24.0. The van der Waals surface area contributed by atoms with Gasteiger partial charge in [-0.1, -0.05) is 83.1 Å². The summed E-state index contributed by atoms with van der Waals surface area (Å²) in [7, 11) is -0.292. The van der Waals surface area contributed by atoms with Crippen LogP contribution in [0, 0.1) is 0 Å². The fourth-order valence-corrected chi connectivity index (χ4v) is 4.92. The number of benzene rings is 1. The zero-order valence-electron chi connectivity index (χ0n) is 29.1. The molecule has 0 fully saturated rings. The van der Waals surface area contributed by atoms with E-state index in [-0.39, 0.29) is 29.7 Å². The molecule has 0 aliphatic heterocycles. The van der Waals surface area contributed by atoms with E-state index in [0.29, 0.717) is 41.2 Å². The molecular formula is C34H52BFeN7O2-. The number of nitrogens with two attached hydrogens (primary N) is 1. The molecule has 1 aromatic carbocycles. The summed E-state index contributed by atoms with van der Waals surface area (Å²) < 4.78 is 6.56. The van der Waals surface area contributed by atoms with Gasteiger partial charge in [0, 0.05) is 22.8 Å². The number of anilines is 1. The molecule has 0 saturated heterocycles. The molecule has 247 valence electrons. The second kappa shape index (κ2) is 15.8. The molecule has 4 rings (SSSR count). The smallest absolute Gasteiger partial charge is 0.335 e. The Morgan fingerprint density at radius 2 is 0.889 bits per heavy atom. The SMILES string of the molecule is CC(C)c1cc(C(C)C)n([B-](n2nc(C(C)C)cc2C(C)C)n2nc(C(C)C)cc2C(C)C)n1.Nc1ccc(C(=O)O)cc1.[Fe]. The molecule has 1 radical (unpaired) electrons. The van der Waals surface area contributed by atoms with Gasteiger partial charge in [0.25, 0.3) is 7.12 Å². The molecule has 0 unspecified atom stereocenters. The Balaban J connectivity index is 0.000000546. The predicted molar refractivity (Wildman–Crippen MR) is 181 cm³/mol. The van der Waals surface area contributed by atoms with Gasteiger partial charge in [-0.2, -0.15) is 0 Å². The fraction of sp³-hybridized carbons (Fsp3) is 0.529. The van der Waals surface area contributed by atoms with Gasteiger partial charge >= 0.3 is 5.97 Å². The Bertz CT molecular complexity index is 1390. The number of hydrogen-bond donors (Lipinski definition) is 2. The number of rotatable bonds is 10. The van der Waals surface area contributed by atoms with Crippen molar-refractivity contribution < 1.29 is 27.0 Å². The van der Waals surface area contributed by atoms with Crippen LogP contribution in [0.25, 0.3) is 0 Å². The summed E-state index contributed by atoms with van der Waals surface area (Å²) in [5.74, 6) is 1.09. The van der Waals surface area contributed by atoms with Gasteiger partial charge in [-0.15, -0.1) is 0 Å². The molecule has 0 bridgehead atoms. The first-order valence-corrected chi connectivity index (χ1v) is 15.9. The monoisotopic (exact) mass is 657 g/mol. The van der Waals surface area contributed by atoms with E-state index in [2.05, 4.69) is 115 Å². The molecule has 0 aliphatic carbocycles. The Kier molecular flexibility index (Phi) is 13.3. The number of nitrogens with zero attached hydrogens (tertiary/aromatic N) is 6.